The molecule has 1 rings (SSSR count). The van der Waals surface area contributed by atoms with Gasteiger partial charge < -0.3 is 15.5 Å². The van der Waals surface area contributed by atoms with Crippen molar-refractivity contribution in [1.29, 1.82) is 0 Å². The van der Waals surface area contributed by atoms with E-state index < -0.39 is 0 Å². The Balaban J connectivity index is 2.52. The normalized spacial score (nSPS) is 12.6. The van der Waals surface area contributed by atoms with Crippen LogP contribution in [-0.4, -0.2) is 23.4 Å². The van der Waals surface area contributed by atoms with Gasteiger partial charge in [-0.15, -0.1) is 0 Å². The Morgan fingerprint density at radius 1 is 1.26 bits per heavy atom. The molecule has 3 nitrogen and oxygen atoms in total. The van der Waals surface area contributed by atoms with Gasteiger partial charge in [0.05, 0.1) is 5.02 Å². The Morgan fingerprint density at radius 2 is 2.00 bits per heavy atom. The van der Waals surface area contributed by atoms with Crippen LogP contribution in [0.25, 0.3) is 0 Å². The zero-order valence-corrected chi connectivity index (χ0v) is 12.6. The SMILES string of the molecule is CCCC(CCO)CNCc1cc(Cl)cc(Cl)c1O. The summed E-state index contributed by atoms with van der Waals surface area (Å²) in [5, 5.41) is 22.9. The molecule has 0 saturated carbocycles. The topological polar surface area (TPSA) is 52.5 Å². The molecular formula is C14H21Cl2NO2. The standard InChI is InChI=1S/C14H21Cl2NO2/c1-2-3-10(4-5-18)8-17-9-11-6-12(15)7-13(16)14(11)19/h6-7,10,17-19H,2-5,8-9H2,1H3. The number of aliphatic hydroxyl groups is 1. The van der Waals surface area contributed by atoms with Crippen molar-refractivity contribution in [3.05, 3.63) is 27.7 Å². The summed E-state index contributed by atoms with van der Waals surface area (Å²) in [5.41, 5.74) is 0.691. The minimum absolute atomic E-state index is 0.0766. The molecule has 1 aromatic rings. The molecule has 108 valence electrons. The van der Waals surface area contributed by atoms with Crippen molar-refractivity contribution in [2.24, 2.45) is 5.92 Å². The fourth-order valence-electron chi connectivity index (χ4n) is 2.10. The molecule has 1 atom stereocenters. The van der Waals surface area contributed by atoms with Crippen LogP contribution in [0.2, 0.25) is 10.0 Å². The maximum absolute atomic E-state index is 9.82. The maximum Gasteiger partial charge on any atom is 0.138 e. The van der Waals surface area contributed by atoms with Crippen molar-refractivity contribution in [3.63, 3.8) is 0 Å². The molecule has 1 aromatic carbocycles. The van der Waals surface area contributed by atoms with Crippen molar-refractivity contribution < 1.29 is 10.2 Å². The Labute approximate surface area is 124 Å². The van der Waals surface area contributed by atoms with E-state index in [1.807, 2.05) is 0 Å². The number of aromatic hydroxyl groups is 1. The highest BCUT2D eigenvalue weighted by atomic mass is 35.5. The van der Waals surface area contributed by atoms with Crippen LogP contribution in [0.4, 0.5) is 0 Å². The molecule has 0 saturated heterocycles. The molecule has 0 fully saturated rings. The highest BCUT2D eigenvalue weighted by molar-refractivity contribution is 6.35. The number of nitrogens with one attached hydrogen (secondary N) is 1. The first-order chi connectivity index (χ1) is 9.08. The molecule has 0 aliphatic carbocycles. The first-order valence-electron chi connectivity index (χ1n) is 6.57. The predicted octanol–water partition coefficient (Wildman–Crippen LogP) is 3.59. The minimum atomic E-state index is 0.0766. The van der Waals surface area contributed by atoms with E-state index >= 15 is 0 Å². The van der Waals surface area contributed by atoms with E-state index in [-0.39, 0.29) is 17.4 Å². The Morgan fingerprint density at radius 3 is 2.63 bits per heavy atom. The Hall–Kier alpha value is -0.480. The van der Waals surface area contributed by atoms with E-state index in [1.165, 1.54) is 6.07 Å². The number of rotatable bonds is 8. The van der Waals surface area contributed by atoms with Gasteiger partial charge in [0, 0.05) is 23.7 Å². The molecule has 0 aliphatic heterocycles. The van der Waals surface area contributed by atoms with Crippen LogP contribution in [0.5, 0.6) is 5.75 Å². The summed E-state index contributed by atoms with van der Waals surface area (Å²) < 4.78 is 0. The third-order valence-electron chi connectivity index (χ3n) is 3.09. The van der Waals surface area contributed by atoms with Gasteiger partial charge in [0.25, 0.3) is 0 Å². The van der Waals surface area contributed by atoms with Crippen LogP contribution in [0.15, 0.2) is 12.1 Å². The minimum Gasteiger partial charge on any atom is -0.506 e. The second-order valence-electron chi connectivity index (χ2n) is 4.69. The number of phenolic OH excluding ortho intramolecular Hbond substituents is 1. The number of halogens is 2. The first-order valence-corrected chi connectivity index (χ1v) is 7.32. The molecule has 0 radical (unpaired) electrons. The average Bonchev–Trinajstić information content (AvgIpc) is 2.35. The lowest BCUT2D eigenvalue weighted by molar-refractivity contribution is 0.248. The summed E-state index contributed by atoms with van der Waals surface area (Å²) in [5.74, 6) is 0.527. The van der Waals surface area contributed by atoms with Crippen LogP contribution >= 0.6 is 23.2 Å². The molecule has 0 aliphatic rings. The van der Waals surface area contributed by atoms with Gasteiger partial charge in [0.1, 0.15) is 5.75 Å². The third kappa shape index (κ3) is 5.57. The maximum atomic E-state index is 9.82. The smallest absolute Gasteiger partial charge is 0.138 e. The van der Waals surface area contributed by atoms with Gasteiger partial charge in [-0.1, -0.05) is 36.5 Å². The zero-order chi connectivity index (χ0) is 14.3. The van der Waals surface area contributed by atoms with Gasteiger partial charge in [-0.3, -0.25) is 0 Å². The fourth-order valence-corrected chi connectivity index (χ4v) is 2.64. The average molecular weight is 306 g/mol. The lowest BCUT2D eigenvalue weighted by Gasteiger charge is -2.16. The molecule has 1 unspecified atom stereocenters. The third-order valence-corrected chi connectivity index (χ3v) is 3.60. The lowest BCUT2D eigenvalue weighted by atomic mass is 10.00. The molecule has 0 amide bonds. The van der Waals surface area contributed by atoms with Gasteiger partial charge in [-0.2, -0.15) is 0 Å². The molecule has 0 spiro atoms. The molecule has 3 N–H and O–H groups in total. The number of phenols is 1. The predicted molar refractivity (Wildman–Crippen MR) is 79.9 cm³/mol. The van der Waals surface area contributed by atoms with Crippen molar-refractivity contribution >= 4 is 23.2 Å². The summed E-state index contributed by atoms with van der Waals surface area (Å²) in [6.45, 7) is 3.66. The van der Waals surface area contributed by atoms with Gasteiger partial charge in [0.15, 0.2) is 0 Å². The molecule has 0 bridgehead atoms. The quantitative estimate of drug-likeness (QED) is 0.688. The van der Waals surface area contributed by atoms with Crippen molar-refractivity contribution in [1.82, 2.24) is 5.32 Å². The zero-order valence-electron chi connectivity index (χ0n) is 11.1. The van der Waals surface area contributed by atoms with E-state index in [9.17, 15) is 5.11 Å². The van der Waals surface area contributed by atoms with E-state index in [0.717, 1.165) is 25.8 Å². The van der Waals surface area contributed by atoms with Crippen LogP contribution in [0, 0.1) is 5.92 Å². The van der Waals surface area contributed by atoms with Crippen LogP contribution in [0.1, 0.15) is 31.7 Å². The summed E-state index contributed by atoms with van der Waals surface area (Å²) in [6, 6.07) is 3.23. The van der Waals surface area contributed by atoms with Crippen LogP contribution < -0.4 is 5.32 Å². The molecule has 0 heterocycles. The van der Waals surface area contributed by atoms with Crippen molar-refractivity contribution in [3.8, 4) is 5.75 Å². The molecule has 5 heteroatoms. The second kappa shape index (κ2) is 8.64. The summed E-state index contributed by atoms with van der Waals surface area (Å²) in [7, 11) is 0. The highest BCUT2D eigenvalue weighted by Gasteiger charge is 2.10. The lowest BCUT2D eigenvalue weighted by Crippen LogP contribution is -2.23. The van der Waals surface area contributed by atoms with E-state index in [1.54, 1.807) is 6.07 Å². The highest BCUT2D eigenvalue weighted by Crippen LogP contribution is 2.31. The van der Waals surface area contributed by atoms with E-state index in [4.69, 9.17) is 28.3 Å². The summed E-state index contributed by atoms with van der Waals surface area (Å²) >= 11 is 11.8. The molecular weight excluding hydrogens is 285 g/mol. The monoisotopic (exact) mass is 305 g/mol. The molecule has 0 aromatic heterocycles. The summed E-state index contributed by atoms with van der Waals surface area (Å²) in [6.07, 6.45) is 2.97. The summed E-state index contributed by atoms with van der Waals surface area (Å²) in [4.78, 5) is 0. The van der Waals surface area contributed by atoms with Gasteiger partial charge in [-0.25, -0.2) is 0 Å². The Kier molecular flexibility index (Phi) is 7.54. The molecule has 19 heavy (non-hydrogen) atoms. The van der Waals surface area contributed by atoms with Gasteiger partial charge in [-0.05, 0) is 37.4 Å². The first kappa shape index (κ1) is 16.6. The van der Waals surface area contributed by atoms with Crippen molar-refractivity contribution in [2.75, 3.05) is 13.2 Å². The van der Waals surface area contributed by atoms with Gasteiger partial charge in [0.2, 0.25) is 0 Å². The Bertz CT molecular complexity index is 393. The van der Waals surface area contributed by atoms with Gasteiger partial charge >= 0.3 is 0 Å². The number of aliphatic hydroxyl groups excluding tert-OH is 1. The number of hydrogen-bond donors (Lipinski definition) is 3. The van der Waals surface area contributed by atoms with E-state index in [0.29, 0.717) is 23.0 Å². The van der Waals surface area contributed by atoms with E-state index in [2.05, 4.69) is 12.2 Å². The number of benzene rings is 1. The number of hydrogen-bond acceptors (Lipinski definition) is 3. The fraction of sp³-hybridized carbons (Fsp3) is 0.571. The van der Waals surface area contributed by atoms with Crippen molar-refractivity contribution in [2.45, 2.75) is 32.7 Å². The largest absolute Gasteiger partial charge is 0.506 e. The van der Waals surface area contributed by atoms with Crippen LogP contribution in [-0.2, 0) is 6.54 Å². The van der Waals surface area contributed by atoms with Crippen LogP contribution in [0.3, 0.4) is 0 Å². The second-order valence-corrected chi connectivity index (χ2v) is 5.54.